The number of aromatic nitrogens is 6. The van der Waals surface area contributed by atoms with E-state index in [1.54, 1.807) is 23.3 Å². The van der Waals surface area contributed by atoms with Gasteiger partial charge in [0.05, 0.1) is 11.8 Å². The molecule has 9 heteroatoms. The number of H-pyrrole nitrogens is 1. The van der Waals surface area contributed by atoms with Crippen LogP contribution in [0.15, 0.2) is 53.6 Å². The van der Waals surface area contributed by atoms with Gasteiger partial charge in [0.15, 0.2) is 17.5 Å². The van der Waals surface area contributed by atoms with Crippen LogP contribution in [0.2, 0.25) is 0 Å². The predicted octanol–water partition coefficient (Wildman–Crippen LogP) is 3.88. The van der Waals surface area contributed by atoms with Gasteiger partial charge in [-0.3, -0.25) is 4.68 Å². The molecule has 0 saturated carbocycles. The predicted molar refractivity (Wildman–Crippen MR) is 101 cm³/mol. The Morgan fingerprint density at radius 2 is 2.07 bits per heavy atom. The van der Waals surface area contributed by atoms with Gasteiger partial charge >= 0.3 is 0 Å². The summed E-state index contributed by atoms with van der Waals surface area (Å²) in [5.74, 6) is -1.28. The van der Waals surface area contributed by atoms with Crippen LogP contribution >= 0.6 is 0 Å². The quantitative estimate of drug-likeness (QED) is 0.502. The number of nitrogens with zero attached hydrogens (tertiary/aromatic N) is 5. The molecule has 0 aliphatic carbocycles. The van der Waals surface area contributed by atoms with Gasteiger partial charge in [0.1, 0.15) is 5.65 Å². The Bertz CT molecular complexity index is 1340. The van der Waals surface area contributed by atoms with Gasteiger partial charge in [0.2, 0.25) is 0 Å². The minimum Gasteiger partial charge on any atom is -0.345 e. The van der Waals surface area contributed by atoms with Gasteiger partial charge in [-0.2, -0.15) is 10.1 Å². The number of rotatable bonds is 4. The van der Waals surface area contributed by atoms with E-state index in [-0.39, 0.29) is 23.7 Å². The molecule has 4 aromatic heterocycles. The second-order valence-corrected chi connectivity index (χ2v) is 6.63. The number of hydrogen-bond acceptors (Lipinski definition) is 5. The lowest BCUT2D eigenvalue weighted by molar-refractivity contribution is 0.423. The summed E-state index contributed by atoms with van der Waals surface area (Å²) in [4.78, 5) is 11.9. The second-order valence-electron chi connectivity index (χ2n) is 6.63. The van der Waals surface area contributed by atoms with Crippen molar-refractivity contribution in [3.8, 4) is 22.6 Å². The lowest BCUT2D eigenvalue weighted by atomic mass is 10.1. The van der Waals surface area contributed by atoms with Crippen molar-refractivity contribution in [2.45, 2.75) is 6.42 Å². The third-order valence-corrected chi connectivity index (χ3v) is 4.65. The molecule has 1 N–H and O–H groups in total. The first-order chi connectivity index (χ1) is 14.1. The molecule has 4 heterocycles. The van der Waals surface area contributed by atoms with Crippen LogP contribution in [0, 0.1) is 11.6 Å². The van der Waals surface area contributed by atoms with E-state index in [4.69, 9.17) is 4.52 Å². The van der Waals surface area contributed by atoms with E-state index >= 15 is 0 Å². The Morgan fingerprint density at radius 1 is 1.17 bits per heavy atom. The van der Waals surface area contributed by atoms with Crippen LogP contribution in [0.25, 0.3) is 33.6 Å². The summed E-state index contributed by atoms with van der Waals surface area (Å²) in [5, 5.41) is 8.89. The second kappa shape index (κ2) is 6.62. The molecule has 0 aliphatic heterocycles. The van der Waals surface area contributed by atoms with Crippen LogP contribution in [0.1, 0.15) is 11.4 Å². The Balaban J connectivity index is 1.50. The van der Waals surface area contributed by atoms with E-state index in [0.29, 0.717) is 11.2 Å². The summed E-state index contributed by atoms with van der Waals surface area (Å²) in [5.41, 5.74) is 3.34. The van der Waals surface area contributed by atoms with Crippen LogP contribution in [0.3, 0.4) is 0 Å². The van der Waals surface area contributed by atoms with Crippen LogP contribution in [0.5, 0.6) is 0 Å². The van der Waals surface area contributed by atoms with Gasteiger partial charge in [-0.1, -0.05) is 17.3 Å². The molecule has 0 unspecified atom stereocenters. The van der Waals surface area contributed by atoms with Crippen LogP contribution in [-0.2, 0) is 13.5 Å². The van der Waals surface area contributed by atoms with Crippen molar-refractivity contribution < 1.29 is 13.3 Å². The smallest absolute Gasteiger partial charge is 0.260 e. The zero-order valence-corrected chi connectivity index (χ0v) is 15.2. The standard InChI is InChI=1S/C20H14F2N6O/c1-28-10-13(8-25-28)12-5-14-15(9-24-19(14)23-7-12)20-26-17(27-29-20)6-11-3-2-4-16(21)18(11)22/h2-5,7-10H,6H2,1H3,(H,23,24). The lowest BCUT2D eigenvalue weighted by Crippen LogP contribution is -1.97. The largest absolute Gasteiger partial charge is 0.345 e. The van der Waals surface area contributed by atoms with Gasteiger partial charge in [-0.05, 0) is 17.7 Å². The highest BCUT2D eigenvalue weighted by Crippen LogP contribution is 2.30. The summed E-state index contributed by atoms with van der Waals surface area (Å²) >= 11 is 0. The third kappa shape index (κ3) is 3.06. The Kier molecular flexibility index (Phi) is 3.94. The molecule has 144 valence electrons. The minimum atomic E-state index is -0.906. The number of fused-ring (bicyclic) bond motifs is 1. The fraction of sp³-hybridized carbons (Fsp3) is 0.100. The zero-order chi connectivity index (χ0) is 20.0. The van der Waals surface area contributed by atoms with Crippen LogP contribution in [0.4, 0.5) is 8.78 Å². The number of pyridine rings is 1. The Morgan fingerprint density at radius 3 is 2.90 bits per heavy atom. The van der Waals surface area contributed by atoms with Gasteiger partial charge in [-0.15, -0.1) is 0 Å². The molecule has 0 aliphatic rings. The summed E-state index contributed by atoms with van der Waals surface area (Å²) in [7, 11) is 1.85. The SMILES string of the molecule is Cn1cc(-c2cnc3[nH]cc(-c4nc(Cc5cccc(F)c5F)no4)c3c2)cn1. The molecule has 0 amide bonds. The molecule has 5 rings (SSSR count). The van der Waals surface area contributed by atoms with Crippen molar-refractivity contribution in [3.63, 3.8) is 0 Å². The van der Waals surface area contributed by atoms with Gasteiger partial charge in [0.25, 0.3) is 5.89 Å². The highest BCUT2D eigenvalue weighted by atomic mass is 19.2. The van der Waals surface area contributed by atoms with Crippen LogP contribution < -0.4 is 0 Å². The first kappa shape index (κ1) is 17.2. The van der Waals surface area contributed by atoms with E-state index in [9.17, 15) is 8.78 Å². The molecule has 7 nitrogen and oxygen atoms in total. The third-order valence-electron chi connectivity index (χ3n) is 4.65. The van der Waals surface area contributed by atoms with Gasteiger partial charge in [-0.25, -0.2) is 13.8 Å². The Hall–Kier alpha value is -3.88. The molecule has 0 saturated heterocycles. The highest BCUT2D eigenvalue weighted by Gasteiger charge is 2.17. The minimum absolute atomic E-state index is 0.0225. The van der Waals surface area contributed by atoms with Crippen molar-refractivity contribution in [3.05, 3.63) is 72.1 Å². The summed E-state index contributed by atoms with van der Waals surface area (Å²) in [6.45, 7) is 0. The molecule has 29 heavy (non-hydrogen) atoms. The van der Waals surface area contributed by atoms with E-state index in [2.05, 4.69) is 25.2 Å². The molecule has 0 radical (unpaired) electrons. The first-order valence-corrected chi connectivity index (χ1v) is 8.80. The number of benzene rings is 1. The number of aromatic amines is 1. The van der Waals surface area contributed by atoms with E-state index in [1.807, 2.05) is 19.3 Å². The highest BCUT2D eigenvalue weighted by molar-refractivity contribution is 5.93. The number of halogens is 2. The van der Waals surface area contributed by atoms with Crippen molar-refractivity contribution in [2.75, 3.05) is 0 Å². The van der Waals surface area contributed by atoms with Gasteiger partial charge < -0.3 is 9.51 Å². The summed E-state index contributed by atoms with van der Waals surface area (Å²) < 4.78 is 34.4. The number of nitrogens with one attached hydrogen (secondary N) is 1. The summed E-state index contributed by atoms with van der Waals surface area (Å²) in [6, 6.07) is 5.96. The normalized spacial score (nSPS) is 11.4. The van der Waals surface area contributed by atoms with Crippen molar-refractivity contribution in [1.82, 2.24) is 29.9 Å². The summed E-state index contributed by atoms with van der Waals surface area (Å²) in [6.07, 6.45) is 7.16. The fourth-order valence-electron chi connectivity index (χ4n) is 3.20. The zero-order valence-electron chi connectivity index (χ0n) is 15.2. The maximum Gasteiger partial charge on any atom is 0.260 e. The topological polar surface area (TPSA) is 85.4 Å². The van der Waals surface area contributed by atoms with Crippen molar-refractivity contribution in [2.24, 2.45) is 7.05 Å². The maximum atomic E-state index is 13.9. The van der Waals surface area contributed by atoms with E-state index in [0.717, 1.165) is 22.6 Å². The Labute approximate surface area is 163 Å². The molecule has 5 aromatic rings. The van der Waals surface area contributed by atoms with Crippen LogP contribution in [-0.4, -0.2) is 29.9 Å². The molecule has 0 spiro atoms. The average Bonchev–Trinajstić information content (AvgIpc) is 3.44. The molecule has 0 atom stereocenters. The fourth-order valence-corrected chi connectivity index (χ4v) is 3.20. The molecule has 0 bridgehead atoms. The number of hydrogen-bond donors (Lipinski definition) is 1. The van der Waals surface area contributed by atoms with Gasteiger partial charge in [0, 0.05) is 48.6 Å². The molecule has 0 fully saturated rings. The lowest BCUT2D eigenvalue weighted by Gasteiger charge is -1.99. The maximum absolute atomic E-state index is 13.9. The van der Waals surface area contributed by atoms with Crippen molar-refractivity contribution in [1.29, 1.82) is 0 Å². The van der Waals surface area contributed by atoms with Crippen molar-refractivity contribution >= 4 is 11.0 Å². The van der Waals surface area contributed by atoms with E-state index in [1.165, 1.54) is 12.1 Å². The number of aryl methyl sites for hydroxylation is 1. The molecular weight excluding hydrogens is 378 g/mol. The molecule has 1 aromatic carbocycles. The molecular formula is C20H14F2N6O. The monoisotopic (exact) mass is 392 g/mol. The first-order valence-electron chi connectivity index (χ1n) is 8.80. The average molecular weight is 392 g/mol. The van der Waals surface area contributed by atoms with E-state index < -0.39 is 11.6 Å².